The molecule has 0 fully saturated rings. The van der Waals surface area contributed by atoms with E-state index in [1.165, 1.54) is 18.9 Å². The Bertz CT molecular complexity index is 1020. The van der Waals surface area contributed by atoms with Gasteiger partial charge in [0.2, 0.25) is 0 Å². The number of hydrogen-bond acceptors (Lipinski definition) is 4. The first kappa shape index (κ1) is 40.3. The third-order valence-electron chi connectivity index (χ3n) is 8.49. The Morgan fingerprint density at radius 3 is 1.73 bits per heavy atom. The fraction of sp³-hybridized carbons (Fsp3) is 0.794. The molecule has 254 valence electrons. The van der Waals surface area contributed by atoms with Crippen LogP contribution in [0.3, 0.4) is 0 Å². The number of carboxylic acid groups (broad SMARTS) is 1. The number of nitrogens with zero attached hydrogens (tertiary/aromatic N) is 2. The average Bonchev–Trinajstić information content (AvgIpc) is 3.48. The molecule has 0 aliphatic rings. The number of hydrogen-bond donors (Lipinski definition) is 1. The first-order chi connectivity index (χ1) is 21.0. The molecule has 1 aromatic carbocycles. The summed E-state index contributed by atoms with van der Waals surface area (Å²) in [5, 5.41) is 20.2. The molecule has 0 spiro atoms. The summed E-state index contributed by atoms with van der Waals surface area (Å²) in [5.41, 5.74) is -2.84. The second-order valence-electron chi connectivity index (χ2n) is 12.2. The van der Waals surface area contributed by atoms with E-state index in [1.54, 1.807) is 12.1 Å². The highest BCUT2D eigenvalue weighted by Gasteiger charge is 2.72. The van der Waals surface area contributed by atoms with Crippen LogP contribution in [-0.2, 0) is 0 Å². The second-order valence-corrected chi connectivity index (χ2v) is 16.4. The van der Waals surface area contributed by atoms with Gasteiger partial charge in [-0.05, 0) is 44.6 Å². The van der Waals surface area contributed by atoms with Crippen LogP contribution < -0.4 is 5.11 Å². The largest absolute Gasteiger partial charge is 0.545 e. The molecule has 10 heteroatoms. The number of alkyl halides is 4. The van der Waals surface area contributed by atoms with Crippen molar-refractivity contribution in [3.8, 4) is 0 Å². The van der Waals surface area contributed by atoms with Crippen LogP contribution in [0.25, 0.3) is 11.0 Å². The molecule has 44 heavy (non-hydrogen) atoms. The Balaban J connectivity index is 0.000000658. The zero-order valence-corrected chi connectivity index (χ0v) is 28.6. The Morgan fingerprint density at radius 2 is 1.23 bits per heavy atom. The molecule has 2 rings (SSSR count). The molecule has 0 saturated heterocycles. The van der Waals surface area contributed by atoms with Crippen LogP contribution in [-0.4, -0.2) is 51.5 Å². The molecule has 0 atom stereocenters. The quantitative estimate of drug-likeness (QED) is 0.0698. The van der Waals surface area contributed by atoms with E-state index in [4.69, 9.17) is 0 Å². The number of carboxylic acids is 1. The third-order valence-corrected chi connectivity index (χ3v) is 13.7. The van der Waals surface area contributed by atoms with Gasteiger partial charge >= 0.3 is 11.6 Å². The van der Waals surface area contributed by atoms with E-state index in [0.29, 0.717) is 55.2 Å². The van der Waals surface area contributed by atoms with Crippen molar-refractivity contribution in [1.29, 1.82) is 0 Å². The molecule has 0 bridgehead atoms. The lowest BCUT2D eigenvalue weighted by atomic mass is 10.1. The first-order valence-electron chi connectivity index (χ1n) is 17.2. The first-order valence-corrected chi connectivity index (χ1v) is 19.5. The van der Waals surface area contributed by atoms with E-state index < -0.39 is 31.2 Å². The number of benzene rings is 1. The highest BCUT2D eigenvalue weighted by Crippen LogP contribution is 2.76. The molecule has 0 amide bonds. The van der Waals surface area contributed by atoms with Gasteiger partial charge in [0, 0.05) is 12.0 Å². The summed E-state index contributed by atoms with van der Waals surface area (Å²) in [6, 6.07) is 4.73. The number of carbonyl (C=O) groups is 1. The maximum Gasteiger partial charge on any atom is 0.415 e. The highest BCUT2D eigenvalue weighted by atomic mass is 31.2. The molecular formula is C34H58F4N3O2P. The summed E-state index contributed by atoms with van der Waals surface area (Å²) in [7, 11) is -3.07. The second kappa shape index (κ2) is 21.9. The van der Waals surface area contributed by atoms with Gasteiger partial charge in [0.1, 0.15) is 5.52 Å². The minimum Gasteiger partial charge on any atom is -0.545 e. The van der Waals surface area contributed by atoms with E-state index in [9.17, 15) is 9.90 Å². The SMILES string of the molecule is CCCCCCCC[P+](CCC)(CCCCCCCC)C(F)(F)C(F)(F)CCCCCC.O=C([O-])c1cccc2[nH]nnc12. The van der Waals surface area contributed by atoms with Crippen molar-refractivity contribution in [1.82, 2.24) is 15.4 Å². The van der Waals surface area contributed by atoms with Gasteiger partial charge in [-0.1, -0.05) is 116 Å². The van der Waals surface area contributed by atoms with Crippen molar-refractivity contribution in [3.63, 3.8) is 0 Å². The van der Waals surface area contributed by atoms with Crippen molar-refractivity contribution in [2.24, 2.45) is 0 Å². The van der Waals surface area contributed by atoms with Crippen LogP contribution in [0.4, 0.5) is 17.6 Å². The zero-order chi connectivity index (χ0) is 32.9. The summed E-state index contributed by atoms with van der Waals surface area (Å²) in [4.78, 5) is 10.5. The molecule has 1 N–H and O–H groups in total. The van der Waals surface area contributed by atoms with E-state index in [2.05, 4.69) is 29.3 Å². The highest BCUT2D eigenvalue weighted by molar-refractivity contribution is 7.77. The molecule has 0 aliphatic heterocycles. The summed E-state index contributed by atoms with van der Waals surface area (Å²) < 4.78 is 61.7. The Hall–Kier alpha value is -1.76. The molecule has 0 unspecified atom stereocenters. The number of fused-ring (bicyclic) bond motifs is 1. The van der Waals surface area contributed by atoms with Crippen LogP contribution in [0.15, 0.2) is 18.2 Å². The lowest BCUT2D eigenvalue weighted by molar-refractivity contribution is -0.254. The van der Waals surface area contributed by atoms with Crippen molar-refractivity contribution >= 4 is 24.3 Å². The van der Waals surface area contributed by atoms with Gasteiger partial charge in [-0.2, -0.15) is 17.6 Å². The Labute approximate surface area is 264 Å². The minimum atomic E-state index is -3.87. The van der Waals surface area contributed by atoms with Gasteiger partial charge in [-0.25, -0.2) is 0 Å². The summed E-state index contributed by atoms with van der Waals surface area (Å²) in [6.45, 7) is 8.21. The molecule has 1 aromatic heterocycles. The Kier molecular flexibility index (Phi) is 20.0. The lowest BCUT2D eigenvalue weighted by Crippen LogP contribution is -2.45. The summed E-state index contributed by atoms with van der Waals surface area (Å²) in [5.74, 6) is -5.11. The van der Waals surface area contributed by atoms with Crippen LogP contribution >= 0.6 is 7.26 Å². The predicted molar refractivity (Wildman–Crippen MR) is 175 cm³/mol. The van der Waals surface area contributed by atoms with Crippen molar-refractivity contribution < 1.29 is 27.5 Å². The van der Waals surface area contributed by atoms with E-state index in [-0.39, 0.29) is 12.0 Å². The molecule has 1 heterocycles. The number of halogens is 4. The number of carbonyl (C=O) groups excluding carboxylic acids is 1. The molecule has 0 saturated carbocycles. The minimum absolute atomic E-state index is 0.0567. The molecule has 0 aliphatic carbocycles. The van der Waals surface area contributed by atoms with Gasteiger partial charge in [-0.15, -0.1) is 5.10 Å². The number of aromatic amines is 1. The fourth-order valence-corrected chi connectivity index (χ4v) is 10.7. The van der Waals surface area contributed by atoms with E-state index in [0.717, 1.165) is 64.2 Å². The van der Waals surface area contributed by atoms with Crippen molar-refractivity contribution in [3.05, 3.63) is 23.8 Å². The van der Waals surface area contributed by atoms with Crippen LogP contribution in [0.5, 0.6) is 0 Å². The number of H-pyrrole nitrogens is 1. The van der Waals surface area contributed by atoms with Crippen molar-refractivity contribution in [2.75, 3.05) is 18.5 Å². The van der Waals surface area contributed by atoms with Crippen LogP contribution in [0.1, 0.15) is 154 Å². The number of nitrogens with one attached hydrogen (secondary N) is 1. The van der Waals surface area contributed by atoms with Gasteiger partial charge in [0.05, 0.1) is 37.2 Å². The maximum atomic E-state index is 15.8. The topological polar surface area (TPSA) is 81.7 Å². The third kappa shape index (κ3) is 12.9. The smallest absolute Gasteiger partial charge is 0.415 e. The van der Waals surface area contributed by atoms with Crippen LogP contribution in [0.2, 0.25) is 0 Å². The van der Waals surface area contributed by atoms with E-state index >= 15 is 17.6 Å². The molecule has 2 aromatic rings. The monoisotopic (exact) mass is 647 g/mol. The number of unbranched alkanes of at least 4 members (excludes halogenated alkanes) is 13. The molecule has 0 radical (unpaired) electrons. The molecule has 5 nitrogen and oxygen atoms in total. The fourth-order valence-electron chi connectivity index (χ4n) is 5.88. The normalized spacial score (nSPS) is 12.4. The zero-order valence-electron chi connectivity index (χ0n) is 27.8. The number of rotatable bonds is 24. The standard InChI is InChI=1S/C27H54F4P.C7H5N3O2/c1-5-9-12-15-17-20-24-32(23-8-4,25-21-18-16-13-10-6-2)27(30,31)26(28,29)22-19-14-11-7-3;11-7(12)4-2-1-3-5-6(4)9-10-8-5/h5-25H2,1-4H3;1-3H,(H,11,12)(H,8,9,10)/q+1;/p-1. The molecular weight excluding hydrogens is 589 g/mol. The number of aromatic nitrogens is 3. The van der Waals surface area contributed by atoms with Gasteiger partial charge in [-0.3, -0.25) is 5.10 Å². The summed E-state index contributed by atoms with van der Waals surface area (Å²) >= 11 is 0. The van der Waals surface area contributed by atoms with Gasteiger partial charge in [0.15, 0.2) is 0 Å². The van der Waals surface area contributed by atoms with Crippen molar-refractivity contribution in [2.45, 2.75) is 155 Å². The predicted octanol–water partition coefficient (Wildman–Crippen LogP) is 10.7. The van der Waals surface area contributed by atoms with Gasteiger partial charge < -0.3 is 9.90 Å². The van der Waals surface area contributed by atoms with Crippen LogP contribution in [0, 0.1) is 0 Å². The number of aromatic carboxylic acids is 1. The summed E-state index contributed by atoms with van der Waals surface area (Å²) in [6.07, 6.45) is 15.7. The lowest BCUT2D eigenvalue weighted by Gasteiger charge is -2.38. The average molecular weight is 648 g/mol. The Morgan fingerprint density at radius 1 is 0.727 bits per heavy atom. The maximum absolute atomic E-state index is 15.8. The van der Waals surface area contributed by atoms with E-state index in [1.807, 2.05) is 13.8 Å². The van der Waals surface area contributed by atoms with Gasteiger partial charge in [0.25, 0.3) is 0 Å².